The number of fused-ring (bicyclic) bond motifs is 4. The third kappa shape index (κ3) is 2.24. The van der Waals surface area contributed by atoms with Gasteiger partial charge in [-0.05, 0) is 25.1 Å². The van der Waals surface area contributed by atoms with Crippen molar-refractivity contribution in [3.63, 3.8) is 0 Å². The Kier molecular flexibility index (Phi) is 3.36. The number of carbonyl (C=O) groups excluding carboxylic acids is 1. The number of aromatic amines is 2. The number of hydrogen-bond acceptors (Lipinski definition) is 4. The molecular weight excluding hydrogens is 346 g/mol. The smallest absolute Gasteiger partial charge is 0.231 e. The molecule has 2 aromatic carbocycles. The lowest BCUT2D eigenvalue weighted by molar-refractivity contribution is 0.0995. The molecule has 0 saturated heterocycles. The SMILES string of the molecule is C[C@H](Sc1n[nH]c2nc3ccccc3n12)C(=O)c1c[nH]c2ccccc12. The van der Waals surface area contributed by atoms with Gasteiger partial charge in [0.05, 0.1) is 16.3 Å². The Balaban J connectivity index is 1.51. The standard InChI is InChI=1S/C19H15N5OS/c1-11(17(25)13-10-20-14-7-3-2-6-12(13)14)26-19-23-22-18-21-15-8-4-5-9-16(15)24(18)19/h2-11,20H,1H3,(H,21,22)/t11-/m0/s1. The molecule has 0 aliphatic carbocycles. The fourth-order valence-corrected chi connectivity index (χ4v) is 4.17. The number of thioether (sulfide) groups is 1. The lowest BCUT2D eigenvalue weighted by atomic mass is 10.1. The molecule has 0 aliphatic heterocycles. The van der Waals surface area contributed by atoms with Crippen LogP contribution in [0.1, 0.15) is 17.3 Å². The minimum Gasteiger partial charge on any atom is -0.360 e. The van der Waals surface area contributed by atoms with E-state index in [9.17, 15) is 4.79 Å². The van der Waals surface area contributed by atoms with E-state index < -0.39 is 0 Å². The molecule has 0 radical (unpaired) electrons. The summed E-state index contributed by atoms with van der Waals surface area (Å²) in [7, 11) is 0. The average molecular weight is 361 g/mol. The van der Waals surface area contributed by atoms with Crippen molar-refractivity contribution < 1.29 is 4.79 Å². The van der Waals surface area contributed by atoms with Crippen LogP contribution in [0.2, 0.25) is 0 Å². The molecular formula is C19H15N5OS. The number of benzene rings is 2. The van der Waals surface area contributed by atoms with E-state index in [0.717, 1.165) is 27.1 Å². The van der Waals surface area contributed by atoms with Gasteiger partial charge < -0.3 is 4.98 Å². The number of ketones is 1. The van der Waals surface area contributed by atoms with Gasteiger partial charge >= 0.3 is 0 Å². The Morgan fingerprint density at radius 2 is 1.96 bits per heavy atom. The van der Waals surface area contributed by atoms with Gasteiger partial charge in [-0.25, -0.2) is 10.1 Å². The molecule has 0 amide bonds. The first-order valence-corrected chi connectivity index (χ1v) is 9.19. The number of imidazole rings is 1. The van der Waals surface area contributed by atoms with Gasteiger partial charge in [-0.3, -0.25) is 9.20 Å². The minimum atomic E-state index is -0.276. The lowest BCUT2D eigenvalue weighted by Gasteiger charge is -2.08. The Hall–Kier alpha value is -3.06. The maximum absolute atomic E-state index is 13.0. The first kappa shape index (κ1) is 15.2. The highest BCUT2D eigenvalue weighted by molar-refractivity contribution is 8.00. The quantitative estimate of drug-likeness (QED) is 0.374. The lowest BCUT2D eigenvalue weighted by Crippen LogP contribution is -2.13. The number of Topliss-reactive ketones (excluding diaryl/α,β-unsaturated/α-hetero) is 1. The van der Waals surface area contributed by atoms with Crippen molar-refractivity contribution in [2.24, 2.45) is 0 Å². The van der Waals surface area contributed by atoms with E-state index in [1.54, 1.807) is 6.20 Å². The maximum atomic E-state index is 13.0. The summed E-state index contributed by atoms with van der Waals surface area (Å²) < 4.78 is 1.96. The van der Waals surface area contributed by atoms with Crippen LogP contribution < -0.4 is 0 Å². The number of rotatable bonds is 4. The van der Waals surface area contributed by atoms with E-state index in [1.165, 1.54) is 11.8 Å². The fraction of sp³-hybridized carbons (Fsp3) is 0.105. The van der Waals surface area contributed by atoms with Crippen LogP contribution in [-0.4, -0.2) is 35.6 Å². The molecule has 0 fully saturated rings. The van der Waals surface area contributed by atoms with E-state index in [-0.39, 0.29) is 11.0 Å². The molecule has 0 bridgehead atoms. The summed E-state index contributed by atoms with van der Waals surface area (Å²) in [6, 6.07) is 15.7. The minimum absolute atomic E-state index is 0.0769. The Bertz CT molecular complexity index is 1260. The Morgan fingerprint density at radius 3 is 2.88 bits per heavy atom. The number of nitrogens with one attached hydrogen (secondary N) is 2. The van der Waals surface area contributed by atoms with E-state index in [1.807, 2.05) is 59.9 Å². The van der Waals surface area contributed by atoms with Crippen molar-refractivity contribution in [3.8, 4) is 0 Å². The maximum Gasteiger partial charge on any atom is 0.231 e. The number of H-pyrrole nitrogens is 2. The zero-order valence-electron chi connectivity index (χ0n) is 13.9. The number of carbonyl (C=O) groups is 1. The van der Waals surface area contributed by atoms with E-state index in [0.29, 0.717) is 11.3 Å². The summed E-state index contributed by atoms with van der Waals surface area (Å²) in [5, 5.41) is 8.70. The zero-order chi connectivity index (χ0) is 17.7. The molecule has 0 unspecified atom stereocenters. The number of aromatic nitrogens is 5. The van der Waals surface area contributed by atoms with Gasteiger partial charge in [-0.1, -0.05) is 42.1 Å². The van der Waals surface area contributed by atoms with Gasteiger partial charge in [-0.15, -0.1) is 5.10 Å². The predicted octanol–water partition coefficient (Wildman–Crippen LogP) is 4.06. The topological polar surface area (TPSA) is 78.8 Å². The molecule has 6 nitrogen and oxygen atoms in total. The fourth-order valence-electron chi connectivity index (χ4n) is 3.23. The third-order valence-corrected chi connectivity index (χ3v) is 5.56. The van der Waals surface area contributed by atoms with Crippen molar-refractivity contribution in [3.05, 3.63) is 60.3 Å². The number of hydrogen-bond donors (Lipinski definition) is 2. The van der Waals surface area contributed by atoms with Gasteiger partial charge in [0.25, 0.3) is 0 Å². The summed E-state index contributed by atoms with van der Waals surface area (Å²) in [4.78, 5) is 20.7. The largest absolute Gasteiger partial charge is 0.360 e. The number of nitrogens with zero attached hydrogens (tertiary/aromatic N) is 3. The second-order valence-corrected chi connectivity index (χ2v) is 7.45. The zero-order valence-corrected chi connectivity index (χ0v) is 14.7. The summed E-state index contributed by atoms with van der Waals surface area (Å²) in [5.74, 6) is 0.758. The summed E-state index contributed by atoms with van der Waals surface area (Å²) >= 11 is 1.43. The summed E-state index contributed by atoms with van der Waals surface area (Å²) in [6.45, 7) is 1.91. The van der Waals surface area contributed by atoms with Crippen LogP contribution >= 0.6 is 11.8 Å². The van der Waals surface area contributed by atoms with Crippen LogP contribution in [0.5, 0.6) is 0 Å². The first-order chi connectivity index (χ1) is 12.7. The Morgan fingerprint density at radius 1 is 1.15 bits per heavy atom. The van der Waals surface area contributed by atoms with E-state index in [2.05, 4.69) is 20.2 Å². The van der Waals surface area contributed by atoms with Crippen molar-refractivity contribution >= 4 is 45.3 Å². The van der Waals surface area contributed by atoms with Gasteiger partial charge in [0.2, 0.25) is 5.78 Å². The molecule has 5 rings (SSSR count). The Labute approximate surface area is 152 Å². The van der Waals surface area contributed by atoms with E-state index in [4.69, 9.17) is 0 Å². The molecule has 0 spiro atoms. The molecule has 128 valence electrons. The van der Waals surface area contributed by atoms with Crippen LogP contribution in [0.25, 0.3) is 27.7 Å². The van der Waals surface area contributed by atoms with Crippen molar-refractivity contribution in [2.45, 2.75) is 17.3 Å². The first-order valence-electron chi connectivity index (χ1n) is 8.31. The highest BCUT2D eigenvalue weighted by Crippen LogP contribution is 2.29. The van der Waals surface area contributed by atoms with Crippen molar-refractivity contribution in [1.29, 1.82) is 0 Å². The molecule has 1 atom stereocenters. The molecule has 0 saturated carbocycles. The highest BCUT2D eigenvalue weighted by atomic mass is 32.2. The van der Waals surface area contributed by atoms with Gasteiger partial charge in [0.1, 0.15) is 0 Å². The van der Waals surface area contributed by atoms with Crippen LogP contribution in [0.3, 0.4) is 0 Å². The molecule has 0 aliphatic rings. The summed E-state index contributed by atoms with van der Waals surface area (Å²) in [5.41, 5.74) is 3.56. The average Bonchev–Trinajstić information content (AvgIpc) is 3.35. The molecule has 7 heteroatoms. The molecule has 2 N–H and O–H groups in total. The summed E-state index contributed by atoms with van der Waals surface area (Å²) in [6.07, 6.45) is 1.79. The molecule has 3 aromatic heterocycles. The van der Waals surface area contributed by atoms with Crippen LogP contribution in [0, 0.1) is 0 Å². The highest BCUT2D eigenvalue weighted by Gasteiger charge is 2.22. The van der Waals surface area contributed by atoms with Crippen molar-refractivity contribution in [1.82, 2.24) is 24.6 Å². The molecule has 5 aromatic rings. The van der Waals surface area contributed by atoms with E-state index >= 15 is 0 Å². The van der Waals surface area contributed by atoms with Crippen LogP contribution in [-0.2, 0) is 0 Å². The normalized spacial score (nSPS) is 13.0. The second kappa shape index (κ2) is 5.74. The molecule has 3 heterocycles. The monoisotopic (exact) mass is 361 g/mol. The molecule has 26 heavy (non-hydrogen) atoms. The van der Waals surface area contributed by atoms with Crippen molar-refractivity contribution in [2.75, 3.05) is 0 Å². The second-order valence-electron chi connectivity index (χ2n) is 6.14. The third-order valence-electron chi connectivity index (χ3n) is 4.51. The van der Waals surface area contributed by atoms with Crippen LogP contribution in [0.15, 0.2) is 59.9 Å². The number of para-hydroxylation sites is 3. The van der Waals surface area contributed by atoms with Gasteiger partial charge in [0.15, 0.2) is 10.9 Å². The van der Waals surface area contributed by atoms with Crippen LogP contribution in [0.4, 0.5) is 0 Å². The predicted molar refractivity (Wildman–Crippen MR) is 103 cm³/mol. The van der Waals surface area contributed by atoms with Gasteiger partial charge in [0, 0.05) is 22.7 Å². The van der Waals surface area contributed by atoms with Gasteiger partial charge in [-0.2, -0.15) is 0 Å².